The summed E-state index contributed by atoms with van der Waals surface area (Å²) in [5, 5.41) is 3.33. The van der Waals surface area contributed by atoms with Gasteiger partial charge in [-0.1, -0.05) is 5.16 Å². The van der Waals surface area contributed by atoms with Gasteiger partial charge in [-0.3, -0.25) is 4.79 Å². The Morgan fingerprint density at radius 3 is 2.36 bits per heavy atom. The lowest BCUT2D eigenvalue weighted by Gasteiger charge is -2.03. The summed E-state index contributed by atoms with van der Waals surface area (Å²) in [4.78, 5) is 10.9. The summed E-state index contributed by atoms with van der Waals surface area (Å²) in [6.45, 7) is 0.619. The van der Waals surface area contributed by atoms with Gasteiger partial charge in [0.2, 0.25) is 11.7 Å². The molecule has 0 fully saturated rings. The highest BCUT2D eigenvalue weighted by Gasteiger charge is 2.30. The first-order valence-corrected chi connectivity index (χ1v) is 7.71. The quantitative estimate of drug-likeness (QED) is 0.901. The van der Waals surface area contributed by atoms with Crippen LogP contribution < -0.4 is 5.73 Å². The van der Waals surface area contributed by atoms with Crippen LogP contribution in [0.3, 0.4) is 0 Å². The second kappa shape index (κ2) is 5.48. The molecular formula is C13H12F2N2O4S. The lowest BCUT2D eigenvalue weighted by molar-refractivity contribution is -0.0105. The number of nitrogens with two attached hydrogens (primary N) is 1. The van der Waals surface area contributed by atoms with E-state index in [1.165, 1.54) is 24.3 Å². The van der Waals surface area contributed by atoms with Gasteiger partial charge in [0, 0.05) is 18.6 Å². The molecule has 0 spiro atoms. The smallest absolute Gasteiger partial charge is 0.304 e. The van der Waals surface area contributed by atoms with E-state index in [1.54, 1.807) is 0 Å². The van der Waals surface area contributed by atoms with Crippen molar-refractivity contribution in [2.24, 2.45) is 5.73 Å². The highest BCUT2D eigenvalue weighted by molar-refractivity contribution is 7.90. The van der Waals surface area contributed by atoms with E-state index in [-0.39, 0.29) is 16.2 Å². The van der Waals surface area contributed by atoms with Crippen molar-refractivity contribution in [3.63, 3.8) is 0 Å². The molecule has 0 saturated heterocycles. The molecule has 22 heavy (non-hydrogen) atoms. The number of rotatable bonds is 5. The molecule has 0 bridgehead atoms. The third-order valence-electron chi connectivity index (χ3n) is 2.83. The Morgan fingerprint density at radius 1 is 1.32 bits per heavy atom. The molecule has 1 aromatic heterocycles. The van der Waals surface area contributed by atoms with E-state index in [0.717, 1.165) is 6.07 Å². The molecule has 6 nitrogen and oxygen atoms in total. The summed E-state index contributed by atoms with van der Waals surface area (Å²) in [7, 11) is -3.81. The first kappa shape index (κ1) is 16.1. The van der Waals surface area contributed by atoms with E-state index in [2.05, 4.69) is 9.68 Å². The third-order valence-corrected chi connectivity index (χ3v) is 4.49. The molecule has 0 aliphatic heterocycles. The van der Waals surface area contributed by atoms with Crippen LogP contribution in [-0.2, 0) is 21.5 Å². The molecule has 0 unspecified atom stereocenters. The van der Waals surface area contributed by atoms with Gasteiger partial charge in [-0.05, 0) is 24.3 Å². The van der Waals surface area contributed by atoms with E-state index in [1.807, 2.05) is 0 Å². The van der Waals surface area contributed by atoms with Gasteiger partial charge in [0.15, 0.2) is 9.84 Å². The normalized spacial score (nSPS) is 12.3. The molecule has 1 aromatic carbocycles. The van der Waals surface area contributed by atoms with E-state index in [0.29, 0.717) is 6.92 Å². The summed E-state index contributed by atoms with van der Waals surface area (Å²) in [6.07, 6.45) is 0. The molecule has 2 N–H and O–H groups in total. The van der Waals surface area contributed by atoms with Gasteiger partial charge in [0.25, 0.3) is 0 Å². The number of benzene rings is 1. The minimum absolute atomic E-state index is 0.0784. The van der Waals surface area contributed by atoms with E-state index < -0.39 is 33.2 Å². The van der Waals surface area contributed by atoms with Crippen LogP contribution in [0.25, 0.3) is 0 Å². The monoisotopic (exact) mass is 330 g/mol. The maximum Gasteiger partial charge on any atom is 0.304 e. The van der Waals surface area contributed by atoms with E-state index in [4.69, 9.17) is 5.73 Å². The molecule has 0 atom stereocenters. The van der Waals surface area contributed by atoms with Crippen LogP contribution in [0.15, 0.2) is 39.8 Å². The van der Waals surface area contributed by atoms with Crippen LogP contribution in [0, 0.1) is 0 Å². The number of amides is 1. The fourth-order valence-corrected chi connectivity index (χ4v) is 2.93. The predicted octanol–water partition coefficient (Wildman–Crippen LogP) is 1.86. The number of hydrogen-bond donors (Lipinski definition) is 1. The van der Waals surface area contributed by atoms with Gasteiger partial charge in [-0.2, -0.15) is 8.78 Å². The fraction of sp³-hybridized carbons (Fsp3) is 0.231. The molecule has 1 heterocycles. The molecule has 0 radical (unpaired) electrons. The van der Waals surface area contributed by atoms with Gasteiger partial charge in [-0.15, -0.1) is 0 Å². The molecule has 1 amide bonds. The maximum absolute atomic E-state index is 13.0. The molecule has 118 valence electrons. The number of carbonyl (C=O) groups excluding carboxylic acids is 1. The Bertz CT molecular complexity index is 792. The Hall–Kier alpha value is -2.29. The Morgan fingerprint density at radius 2 is 1.91 bits per heavy atom. The average molecular weight is 330 g/mol. The zero-order chi connectivity index (χ0) is 16.5. The van der Waals surface area contributed by atoms with E-state index in [9.17, 15) is 22.0 Å². The first-order chi connectivity index (χ1) is 10.1. The second-order valence-electron chi connectivity index (χ2n) is 4.72. The van der Waals surface area contributed by atoms with Crippen molar-refractivity contribution in [3.05, 3.63) is 47.3 Å². The molecule has 0 aliphatic carbocycles. The SMILES string of the molecule is CC(F)(F)c1cc(CS(=O)(=O)c2ccc(C(N)=O)cc2)no1. The largest absolute Gasteiger partial charge is 0.366 e. The second-order valence-corrected chi connectivity index (χ2v) is 6.71. The van der Waals surface area contributed by atoms with Gasteiger partial charge in [0.05, 0.1) is 10.6 Å². The Kier molecular flexibility index (Phi) is 4.01. The van der Waals surface area contributed by atoms with Crippen molar-refractivity contribution < 1.29 is 26.5 Å². The lowest BCUT2D eigenvalue weighted by Crippen LogP contribution is -2.11. The van der Waals surface area contributed by atoms with Gasteiger partial charge < -0.3 is 10.3 Å². The molecule has 2 aromatic rings. The number of aromatic nitrogens is 1. The van der Waals surface area contributed by atoms with Crippen molar-refractivity contribution in [2.75, 3.05) is 0 Å². The average Bonchev–Trinajstić information content (AvgIpc) is 2.86. The van der Waals surface area contributed by atoms with Crippen molar-refractivity contribution in [1.82, 2.24) is 5.16 Å². The molecule has 9 heteroatoms. The highest BCUT2D eigenvalue weighted by Crippen LogP contribution is 2.28. The highest BCUT2D eigenvalue weighted by atomic mass is 32.2. The fourth-order valence-electron chi connectivity index (χ4n) is 1.69. The summed E-state index contributed by atoms with van der Waals surface area (Å²) < 4.78 is 54.8. The van der Waals surface area contributed by atoms with Crippen LogP contribution >= 0.6 is 0 Å². The zero-order valence-corrected chi connectivity index (χ0v) is 12.2. The Balaban J connectivity index is 2.24. The van der Waals surface area contributed by atoms with Gasteiger partial charge in [0.1, 0.15) is 5.75 Å². The minimum atomic E-state index is -3.81. The van der Waals surface area contributed by atoms with Crippen LogP contribution in [0.5, 0.6) is 0 Å². The number of hydrogen-bond acceptors (Lipinski definition) is 5. The summed E-state index contributed by atoms with van der Waals surface area (Å²) in [5.74, 6) is -5.22. The molecule has 0 aliphatic rings. The summed E-state index contributed by atoms with van der Waals surface area (Å²) in [5.41, 5.74) is 5.09. The van der Waals surface area contributed by atoms with Gasteiger partial charge in [-0.25, -0.2) is 8.42 Å². The number of halogens is 2. The van der Waals surface area contributed by atoms with Crippen molar-refractivity contribution in [3.8, 4) is 0 Å². The lowest BCUT2D eigenvalue weighted by atomic mass is 10.2. The van der Waals surface area contributed by atoms with Crippen LogP contribution in [0.1, 0.15) is 28.7 Å². The van der Waals surface area contributed by atoms with Crippen LogP contribution in [0.2, 0.25) is 0 Å². The minimum Gasteiger partial charge on any atom is -0.366 e. The predicted molar refractivity (Wildman–Crippen MR) is 71.9 cm³/mol. The van der Waals surface area contributed by atoms with Crippen molar-refractivity contribution >= 4 is 15.7 Å². The number of alkyl halides is 2. The molecule has 2 rings (SSSR count). The zero-order valence-electron chi connectivity index (χ0n) is 11.4. The van der Waals surface area contributed by atoms with E-state index >= 15 is 0 Å². The number of primary amides is 1. The Labute approximate surface area is 124 Å². The van der Waals surface area contributed by atoms with Gasteiger partial charge >= 0.3 is 5.92 Å². The summed E-state index contributed by atoms with van der Waals surface area (Å²) >= 11 is 0. The number of carbonyl (C=O) groups is 1. The van der Waals surface area contributed by atoms with Crippen LogP contribution in [0.4, 0.5) is 8.78 Å². The first-order valence-electron chi connectivity index (χ1n) is 6.06. The molecule has 0 saturated carbocycles. The number of nitrogens with zero attached hydrogens (tertiary/aromatic N) is 1. The maximum atomic E-state index is 13.0. The number of sulfone groups is 1. The summed E-state index contributed by atoms with van der Waals surface area (Å²) in [6, 6.07) is 5.86. The third kappa shape index (κ3) is 3.48. The standard InChI is InChI=1S/C13H12F2N2O4S/c1-13(14,15)11-6-9(17-21-11)7-22(19,20)10-4-2-8(3-5-10)12(16)18/h2-6H,7H2,1H3,(H2,16,18). The van der Waals surface area contributed by atoms with Crippen molar-refractivity contribution in [1.29, 1.82) is 0 Å². The topological polar surface area (TPSA) is 103 Å². The van der Waals surface area contributed by atoms with Crippen LogP contribution in [-0.4, -0.2) is 19.5 Å². The van der Waals surface area contributed by atoms with Crippen molar-refractivity contribution in [2.45, 2.75) is 23.5 Å². The molecular weight excluding hydrogens is 318 g/mol.